The van der Waals surface area contributed by atoms with Gasteiger partial charge in [-0.25, -0.2) is 9.69 Å². The topological polar surface area (TPSA) is 84.9 Å². The number of esters is 1. The molecule has 7 nitrogen and oxygen atoms in total. The molecule has 0 aromatic heterocycles. The zero-order chi connectivity index (χ0) is 17.7. The molecule has 2 fully saturated rings. The molecular formula is C18H23ClN2O5. The Hall–Kier alpha value is -2.12. The molecule has 0 unspecified atom stereocenters. The zero-order valence-electron chi connectivity index (χ0n) is 14.4. The average Bonchev–Trinajstić information content (AvgIpc) is 2.60. The van der Waals surface area contributed by atoms with Crippen molar-refractivity contribution in [1.29, 1.82) is 0 Å². The number of carbonyl (C=O) groups excluding carboxylic acids is 3. The molecule has 2 aliphatic rings. The molecule has 1 spiro atoms. The number of halogens is 1. The summed E-state index contributed by atoms with van der Waals surface area (Å²) < 4.78 is 10.7. The lowest BCUT2D eigenvalue weighted by molar-refractivity contribution is -0.149. The Bertz CT molecular complexity index is 626. The predicted octanol–water partition coefficient (Wildman–Crippen LogP) is 2.03. The summed E-state index contributed by atoms with van der Waals surface area (Å²) in [5.41, 5.74) is 0.209. The SMILES string of the molecule is Cl.O=C(CCN1C(=O)CC2(CCNCC2)OC1=O)OCc1ccccc1. The van der Waals surface area contributed by atoms with Crippen LogP contribution in [0.15, 0.2) is 30.3 Å². The molecule has 2 amide bonds. The van der Waals surface area contributed by atoms with Gasteiger partial charge in [-0.05, 0) is 18.7 Å². The van der Waals surface area contributed by atoms with Crippen LogP contribution in [-0.4, -0.2) is 48.1 Å². The minimum atomic E-state index is -0.677. The number of nitrogens with one attached hydrogen (secondary N) is 1. The highest BCUT2D eigenvalue weighted by Crippen LogP contribution is 2.32. The van der Waals surface area contributed by atoms with Gasteiger partial charge in [0.1, 0.15) is 12.2 Å². The second-order valence-electron chi connectivity index (χ2n) is 6.42. The van der Waals surface area contributed by atoms with Crippen LogP contribution in [0.1, 0.15) is 31.2 Å². The van der Waals surface area contributed by atoms with E-state index in [-0.39, 0.29) is 44.3 Å². The number of hydrogen-bond donors (Lipinski definition) is 1. The highest BCUT2D eigenvalue weighted by Gasteiger charge is 2.45. The lowest BCUT2D eigenvalue weighted by Crippen LogP contribution is -2.56. The Balaban J connectivity index is 0.00000243. The maximum atomic E-state index is 12.3. The predicted molar refractivity (Wildman–Crippen MR) is 95.7 cm³/mol. The van der Waals surface area contributed by atoms with Gasteiger partial charge in [0.05, 0.1) is 12.8 Å². The molecule has 1 aromatic carbocycles. The minimum Gasteiger partial charge on any atom is -0.461 e. The van der Waals surface area contributed by atoms with Crippen molar-refractivity contribution in [3.63, 3.8) is 0 Å². The van der Waals surface area contributed by atoms with Crippen molar-refractivity contribution in [2.45, 2.75) is 37.9 Å². The summed E-state index contributed by atoms with van der Waals surface area (Å²) in [6.45, 7) is 1.62. The number of ether oxygens (including phenoxy) is 2. The van der Waals surface area contributed by atoms with Gasteiger partial charge in [-0.2, -0.15) is 0 Å². The smallest absolute Gasteiger partial charge is 0.417 e. The number of nitrogens with zero attached hydrogens (tertiary/aromatic N) is 1. The van der Waals surface area contributed by atoms with Gasteiger partial charge in [0.15, 0.2) is 0 Å². The molecule has 1 N–H and O–H groups in total. The summed E-state index contributed by atoms with van der Waals surface area (Å²) in [5.74, 6) is -0.736. The van der Waals surface area contributed by atoms with Crippen molar-refractivity contribution >= 4 is 30.4 Å². The minimum absolute atomic E-state index is 0. The second kappa shape index (κ2) is 9.00. The first-order valence-electron chi connectivity index (χ1n) is 8.52. The van der Waals surface area contributed by atoms with Crippen molar-refractivity contribution < 1.29 is 23.9 Å². The first kappa shape index (κ1) is 20.2. The number of benzene rings is 1. The lowest BCUT2D eigenvalue weighted by atomic mass is 9.87. The number of amides is 2. The fraction of sp³-hybridized carbons (Fsp3) is 0.500. The third kappa shape index (κ3) is 4.95. The summed E-state index contributed by atoms with van der Waals surface area (Å²) in [7, 11) is 0. The van der Waals surface area contributed by atoms with Gasteiger partial charge in [-0.3, -0.25) is 9.59 Å². The molecular weight excluding hydrogens is 360 g/mol. The molecule has 0 radical (unpaired) electrons. The van der Waals surface area contributed by atoms with Gasteiger partial charge in [-0.1, -0.05) is 30.3 Å². The number of carbonyl (C=O) groups is 3. The first-order chi connectivity index (χ1) is 12.1. The van der Waals surface area contributed by atoms with Gasteiger partial charge < -0.3 is 14.8 Å². The zero-order valence-corrected chi connectivity index (χ0v) is 15.3. The van der Waals surface area contributed by atoms with E-state index in [4.69, 9.17) is 9.47 Å². The van der Waals surface area contributed by atoms with Crippen molar-refractivity contribution in [3.05, 3.63) is 35.9 Å². The number of piperidine rings is 1. The monoisotopic (exact) mass is 382 g/mol. The second-order valence-corrected chi connectivity index (χ2v) is 6.42. The quantitative estimate of drug-likeness (QED) is 0.784. The van der Waals surface area contributed by atoms with E-state index in [1.807, 2.05) is 30.3 Å². The van der Waals surface area contributed by atoms with Crippen molar-refractivity contribution in [2.24, 2.45) is 0 Å². The highest BCUT2D eigenvalue weighted by molar-refractivity contribution is 5.95. The summed E-state index contributed by atoms with van der Waals surface area (Å²) in [5, 5.41) is 3.19. The van der Waals surface area contributed by atoms with E-state index in [1.165, 1.54) is 0 Å². The standard InChI is InChI=1S/C18H22N2O5.ClH/c21-15-12-18(7-9-19-10-8-18)25-17(23)20(15)11-6-16(22)24-13-14-4-2-1-3-5-14;/h1-5,19H,6-13H2;1H. The molecule has 0 atom stereocenters. The van der Waals surface area contributed by atoms with Gasteiger partial charge in [0.25, 0.3) is 0 Å². The van der Waals surface area contributed by atoms with E-state index in [0.717, 1.165) is 23.6 Å². The summed E-state index contributed by atoms with van der Waals surface area (Å²) in [4.78, 5) is 37.4. The van der Waals surface area contributed by atoms with Crippen LogP contribution in [0.3, 0.4) is 0 Å². The lowest BCUT2D eigenvalue weighted by Gasteiger charge is -2.42. The van der Waals surface area contributed by atoms with Gasteiger partial charge in [0.2, 0.25) is 5.91 Å². The van der Waals surface area contributed by atoms with Crippen LogP contribution in [0, 0.1) is 0 Å². The summed E-state index contributed by atoms with van der Waals surface area (Å²) >= 11 is 0. The van der Waals surface area contributed by atoms with E-state index < -0.39 is 17.7 Å². The maximum Gasteiger partial charge on any atom is 0.417 e. The van der Waals surface area contributed by atoms with Crippen molar-refractivity contribution in [2.75, 3.05) is 19.6 Å². The number of imide groups is 1. The third-order valence-corrected chi connectivity index (χ3v) is 4.60. The maximum absolute atomic E-state index is 12.3. The van der Waals surface area contributed by atoms with Crippen molar-refractivity contribution in [1.82, 2.24) is 10.2 Å². The van der Waals surface area contributed by atoms with E-state index in [9.17, 15) is 14.4 Å². The molecule has 2 heterocycles. The Labute approximate surface area is 158 Å². The molecule has 1 aromatic rings. The largest absolute Gasteiger partial charge is 0.461 e. The van der Waals surface area contributed by atoms with Gasteiger partial charge in [0, 0.05) is 19.4 Å². The van der Waals surface area contributed by atoms with Crippen LogP contribution < -0.4 is 5.32 Å². The van der Waals surface area contributed by atoms with Gasteiger partial charge >= 0.3 is 12.1 Å². The van der Waals surface area contributed by atoms with Crippen LogP contribution in [0.2, 0.25) is 0 Å². The van der Waals surface area contributed by atoms with E-state index in [0.29, 0.717) is 12.8 Å². The Morgan fingerprint density at radius 3 is 2.54 bits per heavy atom. The van der Waals surface area contributed by atoms with Crippen LogP contribution in [0.25, 0.3) is 0 Å². The molecule has 142 valence electrons. The fourth-order valence-electron chi connectivity index (χ4n) is 3.14. The Morgan fingerprint density at radius 2 is 1.88 bits per heavy atom. The van der Waals surface area contributed by atoms with Crippen molar-refractivity contribution in [3.8, 4) is 0 Å². The van der Waals surface area contributed by atoms with Crippen LogP contribution in [-0.2, 0) is 25.7 Å². The van der Waals surface area contributed by atoms with Crippen LogP contribution >= 0.6 is 12.4 Å². The van der Waals surface area contributed by atoms with E-state index >= 15 is 0 Å². The van der Waals surface area contributed by atoms with Crippen LogP contribution in [0.5, 0.6) is 0 Å². The molecule has 0 saturated carbocycles. The molecule has 0 aliphatic carbocycles. The fourth-order valence-corrected chi connectivity index (χ4v) is 3.14. The summed E-state index contributed by atoms with van der Waals surface area (Å²) in [6.07, 6.45) is 0.755. The van der Waals surface area contributed by atoms with Gasteiger partial charge in [-0.15, -0.1) is 12.4 Å². The average molecular weight is 383 g/mol. The van der Waals surface area contributed by atoms with E-state index in [2.05, 4.69) is 5.32 Å². The number of rotatable bonds is 5. The molecule has 8 heteroatoms. The normalized spacial score (nSPS) is 18.8. The molecule has 26 heavy (non-hydrogen) atoms. The van der Waals surface area contributed by atoms with Crippen LogP contribution in [0.4, 0.5) is 4.79 Å². The third-order valence-electron chi connectivity index (χ3n) is 4.60. The van der Waals surface area contributed by atoms with E-state index in [1.54, 1.807) is 0 Å². The first-order valence-corrected chi connectivity index (χ1v) is 8.52. The molecule has 2 aliphatic heterocycles. The molecule has 0 bridgehead atoms. The Morgan fingerprint density at radius 1 is 1.19 bits per heavy atom. The summed E-state index contributed by atoms with van der Waals surface area (Å²) in [6, 6.07) is 9.33. The molecule has 2 saturated heterocycles. The molecule has 3 rings (SSSR count). The Kier molecular flexibility index (Phi) is 6.99. The highest BCUT2D eigenvalue weighted by atomic mass is 35.5. The number of hydrogen-bond acceptors (Lipinski definition) is 6.